The molecule has 0 aliphatic heterocycles. The van der Waals surface area contributed by atoms with Crippen molar-refractivity contribution in [2.45, 2.75) is 99.3 Å². The molecule has 0 bridgehead atoms. The van der Waals surface area contributed by atoms with Gasteiger partial charge in [0.05, 0.1) is 16.7 Å². The molecule has 6 aromatic carbocycles. The van der Waals surface area contributed by atoms with Gasteiger partial charge in [-0.3, -0.25) is 0 Å². The first kappa shape index (κ1) is 50.7. The molecule has 6 nitrogen and oxygen atoms in total. The molecule has 366 valence electrons. The average Bonchev–Trinajstić information content (AvgIpc) is 4.08. The molecule has 0 spiro atoms. The molecule has 6 heterocycles. The van der Waals surface area contributed by atoms with E-state index in [9.17, 15) is 0 Å². The topological polar surface area (TPSA) is 78.1 Å². The van der Waals surface area contributed by atoms with Gasteiger partial charge in [0.15, 0.2) is 0 Å². The Balaban J connectivity index is 0.000000134. The van der Waals surface area contributed by atoms with Crippen molar-refractivity contribution in [1.82, 2.24) is 15.0 Å². The van der Waals surface area contributed by atoms with Crippen LogP contribution in [0.1, 0.15) is 95.7 Å². The number of pyridine rings is 3. The van der Waals surface area contributed by atoms with Crippen molar-refractivity contribution in [3.63, 3.8) is 0 Å². The monoisotopic (exact) mass is 1140 g/mol. The van der Waals surface area contributed by atoms with Crippen LogP contribution in [0.3, 0.4) is 0 Å². The summed E-state index contributed by atoms with van der Waals surface area (Å²) in [5.74, 6) is 0. The molecule has 0 N–H and O–H groups in total. The summed E-state index contributed by atoms with van der Waals surface area (Å²) in [4.78, 5) is 13.7. The number of hydrogen-bond acceptors (Lipinski definition) is 6. The van der Waals surface area contributed by atoms with Crippen molar-refractivity contribution in [1.29, 1.82) is 0 Å². The normalized spacial score (nSPS) is 12.0. The van der Waals surface area contributed by atoms with Crippen molar-refractivity contribution in [2.24, 2.45) is 0 Å². The number of aromatic nitrogens is 3. The van der Waals surface area contributed by atoms with Crippen molar-refractivity contribution in [2.75, 3.05) is 0 Å². The third-order valence-corrected chi connectivity index (χ3v) is 13.6. The number of nitrogens with zero attached hydrogens (tertiary/aromatic N) is 3. The van der Waals surface area contributed by atoms with E-state index in [1.54, 1.807) is 0 Å². The van der Waals surface area contributed by atoms with Gasteiger partial charge in [0, 0.05) is 34.7 Å². The minimum Gasteiger partial charge on any atom is -0.501 e. The van der Waals surface area contributed by atoms with E-state index in [-0.39, 0.29) is 36.4 Å². The second-order valence-electron chi connectivity index (χ2n) is 22.0. The van der Waals surface area contributed by atoms with Gasteiger partial charge >= 0.3 is 20.1 Å². The molecule has 73 heavy (non-hydrogen) atoms. The van der Waals surface area contributed by atoms with Crippen LogP contribution in [0.15, 0.2) is 159 Å². The van der Waals surface area contributed by atoms with Crippen molar-refractivity contribution < 1.29 is 33.4 Å². The molecule has 0 aliphatic rings. The smallest absolute Gasteiger partial charge is 0.501 e. The molecule has 6 aromatic heterocycles. The molecule has 0 saturated carbocycles. The molecule has 12 aromatic rings. The molecule has 7 heteroatoms. The molecule has 0 amide bonds. The first-order chi connectivity index (χ1) is 34.3. The van der Waals surface area contributed by atoms with Crippen molar-refractivity contribution >= 4 is 65.8 Å². The van der Waals surface area contributed by atoms with E-state index in [0.717, 1.165) is 99.6 Å². The van der Waals surface area contributed by atoms with Crippen LogP contribution in [0.5, 0.6) is 0 Å². The maximum absolute atomic E-state index is 6.17. The van der Waals surface area contributed by atoms with Gasteiger partial charge in [0.2, 0.25) is 0 Å². The van der Waals surface area contributed by atoms with Gasteiger partial charge < -0.3 is 28.2 Å². The molecule has 0 unspecified atom stereocenters. The fourth-order valence-electron chi connectivity index (χ4n) is 9.47. The first-order valence-electron chi connectivity index (χ1n) is 24.7. The van der Waals surface area contributed by atoms with E-state index in [2.05, 4.69) is 171 Å². The van der Waals surface area contributed by atoms with Crippen molar-refractivity contribution in [3.05, 3.63) is 198 Å². The summed E-state index contributed by atoms with van der Waals surface area (Å²) in [5, 5.41) is 6.90. The van der Waals surface area contributed by atoms with Crippen LogP contribution in [-0.2, 0) is 36.4 Å². The Morgan fingerprint density at radius 2 is 0.630 bits per heavy atom. The molecule has 0 radical (unpaired) electrons. The minimum atomic E-state index is 0. The quantitative estimate of drug-likeness (QED) is 0.164. The Bertz CT molecular complexity index is 3570. The predicted octanol–water partition coefficient (Wildman–Crippen LogP) is 18.2. The molecular formula is C66H60IrN3O3. The van der Waals surface area contributed by atoms with Gasteiger partial charge in [-0.05, 0) is 86.4 Å². The zero-order valence-corrected chi connectivity index (χ0v) is 46.2. The summed E-state index contributed by atoms with van der Waals surface area (Å²) in [6.45, 7) is 26.2. The Morgan fingerprint density at radius 1 is 0.370 bits per heavy atom. The van der Waals surface area contributed by atoms with E-state index in [1.807, 2.05) is 91.4 Å². The number of para-hydroxylation sites is 3. The fourth-order valence-corrected chi connectivity index (χ4v) is 9.47. The number of hydrogen-bond donors (Lipinski definition) is 0. The molecule has 0 aliphatic carbocycles. The van der Waals surface area contributed by atoms with E-state index in [1.165, 1.54) is 33.4 Å². The zero-order chi connectivity index (χ0) is 50.7. The minimum absolute atomic E-state index is 0. The molecule has 12 rings (SSSR count). The zero-order valence-electron chi connectivity index (χ0n) is 43.8. The van der Waals surface area contributed by atoms with Gasteiger partial charge in [-0.15, -0.1) is 53.1 Å². The predicted molar refractivity (Wildman–Crippen MR) is 298 cm³/mol. The van der Waals surface area contributed by atoms with E-state index >= 15 is 0 Å². The third-order valence-electron chi connectivity index (χ3n) is 13.6. The van der Waals surface area contributed by atoms with E-state index in [4.69, 9.17) is 13.3 Å². The fraction of sp³-hybridized carbons (Fsp3) is 0.227. The Morgan fingerprint density at radius 3 is 0.890 bits per heavy atom. The molecule has 0 fully saturated rings. The van der Waals surface area contributed by atoms with Gasteiger partial charge in [-0.1, -0.05) is 189 Å². The maximum Gasteiger partial charge on any atom is 3.00 e. The summed E-state index contributed by atoms with van der Waals surface area (Å²) in [7, 11) is 0. The van der Waals surface area contributed by atoms with Crippen LogP contribution in [0.25, 0.3) is 99.6 Å². The summed E-state index contributed by atoms with van der Waals surface area (Å²) in [6, 6.07) is 53.4. The van der Waals surface area contributed by atoms with Crippen LogP contribution >= 0.6 is 0 Å². The summed E-state index contributed by atoms with van der Waals surface area (Å²) in [5.41, 5.74) is 18.4. The molecular weight excluding hydrogens is 1070 g/mol. The van der Waals surface area contributed by atoms with Gasteiger partial charge in [0.1, 0.15) is 16.7 Å². The van der Waals surface area contributed by atoms with Gasteiger partial charge in [0.25, 0.3) is 0 Å². The summed E-state index contributed by atoms with van der Waals surface area (Å²) < 4.78 is 18.5. The summed E-state index contributed by atoms with van der Waals surface area (Å²) in [6.07, 6.45) is 5.62. The van der Waals surface area contributed by atoms with Gasteiger partial charge in [-0.2, -0.15) is 0 Å². The second kappa shape index (κ2) is 19.7. The SMILES string of the molecule is Cc1c[c-]c(-c2cc(C(C)(C)C)ccn2)c2oc3ccccc3c12.Cc1c[c-]c(-c2cc(C(C)(C)C)ccn2)c2oc3ccccc3c12.Cc1c[c-]c(-c2cc(C(C)(C)C)ccn2)c2oc3ccccc3c12.[Ir+3]. The Labute approximate surface area is 442 Å². The van der Waals surface area contributed by atoms with Crippen molar-refractivity contribution in [3.8, 4) is 33.8 Å². The summed E-state index contributed by atoms with van der Waals surface area (Å²) >= 11 is 0. The van der Waals surface area contributed by atoms with Gasteiger partial charge in [-0.25, -0.2) is 0 Å². The molecule has 0 atom stereocenters. The van der Waals surface area contributed by atoms with E-state index in [0.29, 0.717) is 0 Å². The number of fused-ring (bicyclic) bond motifs is 9. The number of aryl methyl sites for hydroxylation is 3. The number of rotatable bonds is 3. The number of furan rings is 3. The number of benzene rings is 6. The Hall–Kier alpha value is -7.18. The molecule has 0 saturated heterocycles. The first-order valence-corrected chi connectivity index (χ1v) is 24.7. The Kier molecular flexibility index (Phi) is 13.7. The van der Waals surface area contributed by atoms with Crippen LogP contribution < -0.4 is 0 Å². The van der Waals surface area contributed by atoms with Crippen LogP contribution in [0, 0.1) is 39.0 Å². The third kappa shape index (κ3) is 9.89. The average molecular weight is 1140 g/mol. The van der Waals surface area contributed by atoms with Crippen LogP contribution in [-0.4, -0.2) is 15.0 Å². The largest absolute Gasteiger partial charge is 3.00 e. The second-order valence-corrected chi connectivity index (χ2v) is 22.0. The maximum atomic E-state index is 6.17. The van der Waals surface area contributed by atoms with E-state index < -0.39 is 0 Å². The standard InChI is InChI=1S/3C22H20NO.Ir/c3*1-14-9-10-16(18-13-15(11-12-23-18)22(2,3)4)21-20(14)17-7-5-6-8-19(17)24-21;/h3*5-9,11-13H,1-4H3;/q3*-1;+3. The van der Waals surface area contributed by atoms with Crippen LogP contribution in [0.2, 0.25) is 0 Å². The van der Waals surface area contributed by atoms with Crippen LogP contribution in [0.4, 0.5) is 0 Å².